The van der Waals surface area contributed by atoms with Gasteiger partial charge in [-0.15, -0.1) is 0 Å². The maximum Gasteiger partial charge on any atom is 0.0830 e. The molecule has 0 saturated heterocycles. The van der Waals surface area contributed by atoms with E-state index in [1.54, 1.807) is 0 Å². The molecule has 0 heterocycles. The summed E-state index contributed by atoms with van der Waals surface area (Å²) in [5.74, 6) is 0. The van der Waals surface area contributed by atoms with Crippen molar-refractivity contribution in [1.29, 1.82) is 0 Å². The van der Waals surface area contributed by atoms with Crippen LogP contribution < -0.4 is 0 Å². The Hall–Kier alpha value is -0.820. The van der Waals surface area contributed by atoms with E-state index in [0.717, 1.165) is 25.9 Å². The summed E-state index contributed by atoms with van der Waals surface area (Å²) < 4.78 is 5.83. The Morgan fingerprint density at radius 1 is 1.36 bits per heavy atom. The SMILES string of the molecule is [CH2]CCCOC1CCc2ccccc21. The number of unbranched alkanes of at least 4 members (excludes halogenated alkanes) is 1. The van der Waals surface area contributed by atoms with Crippen LogP contribution in [-0.2, 0) is 11.2 Å². The third kappa shape index (κ3) is 1.98. The third-order valence-corrected chi connectivity index (χ3v) is 2.79. The Labute approximate surface area is 86.1 Å². The van der Waals surface area contributed by atoms with Gasteiger partial charge in [-0.05, 0) is 30.4 Å². The minimum absolute atomic E-state index is 0.345. The summed E-state index contributed by atoms with van der Waals surface area (Å²) in [5.41, 5.74) is 2.86. The van der Waals surface area contributed by atoms with E-state index in [2.05, 4.69) is 31.2 Å². The van der Waals surface area contributed by atoms with Crippen LogP contribution in [0.25, 0.3) is 0 Å². The first kappa shape index (κ1) is 9.72. The maximum atomic E-state index is 5.83. The molecule has 1 atom stereocenters. The lowest BCUT2D eigenvalue weighted by Gasteiger charge is -2.12. The standard InChI is InChI=1S/C13H17O/c1-2-3-10-14-13-9-8-11-6-4-5-7-12(11)13/h4-7,13H,1-3,8-10H2. The summed E-state index contributed by atoms with van der Waals surface area (Å²) in [6, 6.07) is 8.61. The molecule has 1 aliphatic carbocycles. The molecular weight excluding hydrogens is 172 g/mol. The molecule has 0 bridgehead atoms. The van der Waals surface area contributed by atoms with Gasteiger partial charge in [0, 0.05) is 6.61 Å². The van der Waals surface area contributed by atoms with Gasteiger partial charge in [-0.1, -0.05) is 37.6 Å². The summed E-state index contributed by atoms with van der Waals surface area (Å²) >= 11 is 0. The van der Waals surface area contributed by atoms with Gasteiger partial charge in [0.15, 0.2) is 0 Å². The fourth-order valence-corrected chi connectivity index (χ4v) is 2.02. The van der Waals surface area contributed by atoms with Gasteiger partial charge in [0.25, 0.3) is 0 Å². The number of ether oxygens (including phenoxy) is 1. The van der Waals surface area contributed by atoms with E-state index in [1.165, 1.54) is 17.5 Å². The lowest BCUT2D eigenvalue weighted by Crippen LogP contribution is -2.01. The summed E-state index contributed by atoms with van der Waals surface area (Å²) in [7, 11) is 0. The molecule has 1 aromatic rings. The van der Waals surface area contributed by atoms with Crippen LogP contribution in [0.2, 0.25) is 0 Å². The molecule has 1 nitrogen and oxygen atoms in total. The predicted octanol–water partition coefficient (Wildman–Crippen LogP) is 3.30. The van der Waals surface area contributed by atoms with Crippen LogP contribution >= 0.6 is 0 Å². The van der Waals surface area contributed by atoms with E-state index in [4.69, 9.17) is 4.74 Å². The Balaban J connectivity index is 1.96. The highest BCUT2D eigenvalue weighted by molar-refractivity contribution is 5.33. The van der Waals surface area contributed by atoms with Crippen molar-refractivity contribution in [2.45, 2.75) is 31.8 Å². The van der Waals surface area contributed by atoms with Gasteiger partial charge in [0.1, 0.15) is 0 Å². The number of hydrogen-bond acceptors (Lipinski definition) is 1. The monoisotopic (exact) mass is 189 g/mol. The highest BCUT2D eigenvalue weighted by Crippen LogP contribution is 2.33. The molecule has 1 heteroatoms. The van der Waals surface area contributed by atoms with Gasteiger partial charge in [0.05, 0.1) is 6.10 Å². The van der Waals surface area contributed by atoms with E-state index >= 15 is 0 Å². The predicted molar refractivity (Wildman–Crippen MR) is 58.0 cm³/mol. The van der Waals surface area contributed by atoms with Crippen LogP contribution in [0.15, 0.2) is 24.3 Å². The highest BCUT2D eigenvalue weighted by atomic mass is 16.5. The zero-order chi connectivity index (χ0) is 9.80. The van der Waals surface area contributed by atoms with Crippen molar-refractivity contribution in [3.8, 4) is 0 Å². The maximum absolute atomic E-state index is 5.83. The lowest BCUT2D eigenvalue weighted by atomic mass is 10.1. The van der Waals surface area contributed by atoms with Crippen LogP contribution in [-0.4, -0.2) is 6.61 Å². The largest absolute Gasteiger partial charge is 0.374 e. The molecule has 14 heavy (non-hydrogen) atoms. The Bertz CT molecular complexity index is 293. The first-order valence-electron chi connectivity index (χ1n) is 5.40. The van der Waals surface area contributed by atoms with Gasteiger partial charge in [-0.2, -0.15) is 0 Å². The van der Waals surface area contributed by atoms with E-state index in [0.29, 0.717) is 6.10 Å². The normalized spacial score (nSPS) is 19.6. The van der Waals surface area contributed by atoms with Crippen molar-refractivity contribution in [3.05, 3.63) is 42.3 Å². The van der Waals surface area contributed by atoms with Crippen LogP contribution in [0, 0.1) is 6.92 Å². The molecule has 0 spiro atoms. The van der Waals surface area contributed by atoms with Gasteiger partial charge < -0.3 is 4.74 Å². The second kappa shape index (κ2) is 4.61. The summed E-state index contributed by atoms with van der Waals surface area (Å²) in [4.78, 5) is 0. The van der Waals surface area contributed by atoms with Crippen LogP contribution in [0.4, 0.5) is 0 Å². The van der Waals surface area contributed by atoms with Crippen molar-refractivity contribution in [1.82, 2.24) is 0 Å². The Morgan fingerprint density at radius 2 is 2.21 bits per heavy atom. The van der Waals surface area contributed by atoms with E-state index in [1.807, 2.05) is 0 Å². The minimum atomic E-state index is 0.345. The van der Waals surface area contributed by atoms with Gasteiger partial charge in [-0.3, -0.25) is 0 Å². The van der Waals surface area contributed by atoms with Crippen LogP contribution in [0.1, 0.15) is 36.5 Å². The van der Waals surface area contributed by atoms with E-state index < -0.39 is 0 Å². The zero-order valence-corrected chi connectivity index (χ0v) is 8.54. The zero-order valence-electron chi connectivity index (χ0n) is 8.54. The second-order valence-electron chi connectivity index (χ2n) is 3.80. The van der Waals surface area contributed by atoms with Crippen molar-refractivity contribution in [2.24, 2.45) is 0 Å². The first-order chi connectivity index (χ1) is 6.92. The van der Waals surface area contributed by atoms with Crippen molar-refractivity contribution in [3.63, 3.8) is 0 Å². The van der Waals surface area contributed by atoms with Gasteiger partial charge >= 0.3 is 0 Å². The molecule has 0 saturated carbocycles. The van der Waals surface area contributed by atoms with Crippen molar-refractivity contribution < 1.29 is 4.74 Å². The molecule has 2 rings (SSSR count). The minimum Gasteiger partial charge on any atom is -0.374 e. The molecule has 0 aliphatic heterocycles. The van der Waals surface area contributed by atoms with Crippen molar-refractivity contribution >= 4 is 0 Å². The highest BCUT2D eigenvalue weighted by Gasteiger charge is 2.21. The number of benzene rings is 1. The lowest BCUT2D eigenvalue weighted by molar-refractivity contribution is 0.0527. The summed E-state index contributed by atoms with van der Waals surface area (Å²) in [6.45, 7) is 4.66. The Kier molecular flexibility index (Phi) is 3.20. The second-order valence-corrected chi connectivity index (χ2v) is 3.80. The molecule has 1 aliphatic rings. The van der Waals surface area contributed by atoms with E-state index in [-0.39, 0.29) is 0 Å². The topological polar surface area (TPSA) is 9.23 Å². The molecule has 1 radical (unpaired) electrons. The number of hydrogen-bond donors (Lipinski definition) is 0. The fourth-order valence-electron chi connectivity index (χ4n) is 2.02. The van der Waals surface area contributed by atoms with Crippen molar-refractivity contribution in [2.75, 3.05) is 6.61 Å². The first-order valence-corrected chi connectivity index (χ1v) is 5.40. The molecule has 0 aromatic heterocycles. The number of aryl methyl sites for hydroxylation is 1. The Morgan fingerprint density at radius 3 is 3.07 bits per heavy atom. The number of fused-ring (bicyclic) bond motifs is 1. The summed E-state index contributed by atoms with van der Waals surface area (Å²) in [6.07, 6.45) is 4.70. The average Bonchev–Trinajstić information content (AvgIpc) is 2.63. The van der Waals surface area contributed by atoms with Crippen LogP contribution in [0.5, 0.6) is 0 Å². The molecule has 1 aromatic carbocycles. The molecule has 75 valence electrons. The fraction of sp³-hybridized carbons (Fsp3) is 0.462. The van der Waals surface area contributed by atoms with Gasteiger partial charge in [0.2, 0.25) is 0 Å². The molecule has 1 unspecified atom stereocenters. The molecule has 0 fully saturated rings. The summed E-state index contributed by atoms with van der Waals surface area (Å²) in [5, 5.41) is 0. The van der Waals surface area contributed by atoms with Gasteiger partial charge in [-0.25, -0.2) is 0 Å². The average molecular weight is 189 g/mol. The van der Waals surface area contributed by atoms with Crippen LogP contribution in [0.3, 0.4) is 0 Å². The van der Waals surface area contributed by atoms with E-state index in [9.17, 15) is 0 Å². The third-order valence-electron chi connectivity index (χ3n) is 2.79. The molecule has 0 amide bonds. The number of rotatable bonds is 4. The molecular formula is C13H17O. The quantitative estimate of drug-likeness (QED) is 0.660. The molecule has 0 N–H and O–H groups in total. The smallest absolute Gasteiger partial charge is 0.0830 e.